The fraction of sp³-hybridized carbons (Fsp3) is 0.250. The van der Waals surface area contributed by atoms with Gasteiger partial charge in [0.05, 0.1) is 23.1 Å². The molecular weight excluding hydrogens is 533 g/mol. The van der Waals surface area contributed by atoms with Crippen LogP contribution in [0, 0.1) is 0 Å². The highest BCUT2D eigenvalue weighted by Crippen LogP contribution is 2.47. The van der Waals surface area contributed by atoms with Gasteiger partial charge in [0.25, 0.3) is 0 Å². The van der Waals surface area contributed by atoms with Crippen LogP contribution in [0.3, 0.4) is 0 Å². The van der Waals surface area contributed by atoms with Crippen molar-refractivity contribution in [2.24, 2.45) is 5.73 Å². The van der Waals surface area contributed by atoms with Crippen LogP contribution in [0.5, 0.6) is 5.75 Å². The van der Waals surface area contributed by atoms with Crippen molar-refractivity contribution < 1.29 is 23.8 Å². The highest BCUT2D eigenvalue weighted by atomic mass is 79.9. The standard InChI is InChI=1S/C24H20BrCl2NO5/c1-31-24(30)22-20(21-17(29)3-2-4-19(21)33-23(22)28)14-10-13(25)6-8-18(14)32-11-12-5-7-15(26)16(27)9-12/h5-10,20H,2-4,11,28H2,1H3. The Morgan fingerprint density at radius 3 is 2.70 bits per heavy atom. The number of rotatable bonds is 5. The smallest absolute Gasteiger partial charge is 0.340 e. The zero-order valence-electron chi connectivity index (χ0n) is 17.6. The lowest BCUT2D eigenvalue weighted by atomic mass is 9.77. The van der Waals surface area contributed by atoms with Crippen molar-refractivity contribution in [2.75, 3.05) is 7.11 Å². The third-order valence-corrected chi connectivity index (χ3v) is 6.78. The summed E-state index contributed by atoms with van der Waals surface area (Å²) >= 11 is 15.6. The minimum absolute atomic E-state index is 0.0731. The summed E-state index contributed by atoms with van der Waals surface area (Å²) in [7, 11) is 1.26. The Kier molecular flexibility index (Phi) is 7.02. The van der Waals surface area contributed by atoms with Gasteiger partial charge in [0, 0.05) is 28.5 Å². The van der Waals surface area contributed by atoms with E-state index in [2.05, 4.69) is 15.9 Å². The van der Waals surface area contributed by atoms with Crippen LogP contribution < -0.4 is 10.5 Å². The molecule has 0 bridgehead atoms. The van der Waals surface area contributed by atoms with Gasteiger partial charge >= 0.3 is 5.97 Å². The number of hydrogen-bond donors (Lipinski definition) is 1. The first-order valence-electron chi connectivity index (χ1n) is 10.2. The summed E-state index contributed by atoms with van der Waals surface area (Å²) in [6.07, 6.45) is 1.57. The molecule has 1 aliphatic carbocycles. The van der Waals surface area contributed by atoms with E-state index in [1.807, 2.05) is 18.2 Å². The lowest BCUT2D eigenvalue weighted by Gasteiger charge is -2.33. The molecule has 0 amide bonds. The van der Waals surface area contributed by atoms with Gasteiger partial charge < -0.3 is 19.9 Å². The Bertz CT molecular complexity index is 1210. The van der Waals surface area contributed by atoms with Crippen molar-refractivity contribution in [3.63, 3.8) is 0 Å². The summed E-state index contributed by atoms with van der Waals surface area (Å²) in [5.74, 6) is -0.651. The molecule has 0 radical (unpaired) electrons. The van der Waals surface area contributed by atoms with Crippen LogP contribution in [-0.4, -0.2) is 18.9 Å². The third-order valence-electron chi connectivity index (χ3n) is 5.55. The van der Waals surface area contributed by atoms with E-state index in [1.54, 1.807) is 18.2 Å². The Labute approximate surface area is 209 Å². The number of ether oxygens (including phenoxy) is 3. The molecule has 2 N–H and O–H groups in total. The minimum Gasteiger partial charge on any atom is -0.489 e. The molecule has 2 aliphatic rings. The van der Waals surface area contributed by atoms with Gasteiger partial charge in [-0.3, -0.25) is 4.79 Å². The Morgan fingerprint density at radius 2 is 1.97 bits per heavy atom. The van der Waals surface area contributed by atoms with Gasteiger partial charge in [0.2, 0.25) is 5.88 Å². The third kappa shape index (κ3) is 4.76. The van der Waals surface area contributed by atoms with Gasteiger partial charge in [-0.2, -0.15) is 0 Å². The van der Waals surface area contributed by atoms with Crippen molar-refractivity contribution in [3.8, 4) is 5.75 Å². The van der Waals surface area contributed by atoms with Gasteiger partial charge in [0.1, 0.15) is 23.7 Å². The maximum absolute atomic E-state index is 13.0. The molecule has 6 nitrogen and oxygen atoms in total. The normalized spacial score (nSPS) is 18.1. The molecule has 1 aliphatic heterocycles. The van der Waals surface area contributed by atoms with E-state index in [0.717, 1.165) is 10.0 Å². The molecule has 1 unspecified atom stereocenters. The van der Waals surface area contributed by atoms with Crippen LogP contribution in [0.4, 0.5) is 0 Å². The molecule has 0 fully saturated rings. The van der Waals surface area contributed by atoms with Crippen LogP contribution in [-0.2, 0) is 25.7 Å². The molecule has 33 heavy (non-hydrogen) atoms. The zero-order valence-corrected chi connectivity index (χ0v) is 20.7. The number of methoxy groups -OCH3 is 1. The number of Topliss-reactive ketones (excluding diaryl/α,β-unsaturated/α-hetero) is 1. The van der Waals surface area contributed by atoms with Crippen molar-refractivity contribution in [1.29, 1.82) is 0 Å². The first-order chi connectivity index (χ1) is 15.8. The molecular formula is C24H20BrCl2NO5. The van der Waals surface area contributed by atoms with Crippen LogP contribution in [0.25, 0.3) is 0 Å². The summed E-state index contributed by atoms with van der Waals surface area (Å²) < 4.78 is 17.6. The first kappa shape index (κ1) is 23.7. The van der Waals surface area contributed by atoms with Crippen LogP contribution in [0.15, 0.2) is 63.7 Å². The molecule has 0 saturated heterocycles. The maximum atomic E-state index is 13.0. The summed E-state index contributed by atoms with van der Waals surface area (Å²) in [6.45, 7) is 0.196. The lowest BCUT2D eigenvalue weighted by Crippen LogP contribution is -2.31. The van der Waals surface area contributed by atoms with E-state index in [1.165, 1.54) is 7.11 Å². The average Bonchev–Trinajstić information content (AvgIpc) is 2.79. The van der Waals surface area contributed by atoms with Gasteiger partial charge in [-0.05, 0) is 42.3 Å². The van der Waals surface area contributed by atoms with Crippen molar-refractivity contribution >= 4 is 50.9 Å². The van der Waals surface area contributed by atoms with Crippen molar-refractivity contribution in [1.82, 2.24) is 0 Å². The number of halogens is 3. The van der Waals surface area contributed by atoms with E-state index in [9.17, 15) is 9.59 Å². The topological polar surface area (TPSA) is 87.9 Å². The summed E-state index contributed by atoms with van der Waals surface area (Å²) in [4.78, 5) is 25.7. The number of hydrogen-bond acceptors (Lipinski definition) is 6. The second-order valence-electron chi connectivity index (χ2n) is 7.64. The second kappa shape index (κ2) is 9.79. The lowest BCUT2D eigenvalue weighted by molar-refractivity contribution is -0.136. The number of esters is 1. The molecule has 2 aromatic carbocycles. The molecule has 172 valence electrons. The van der Waals surface area contributed by atoms with E-state index in [0.29, 0.717) is 52.0 Å². The largest absolute Gasteiger partial charge is 0.489 e. The summed E-state index contributed by atoms with van der Waals surface area (Å²) in [5, 5.41) is 0.870. The molecule has 0 spiro atoms. The Hall–Kier alpha value is -2.48. The molecule has 1 atom stereocenters. The monoisotopic (exact) mass is 551 g/mol. The summed E-state index contributed by atoms with van der Waals surface area (Å²) in [6, 6.07) is 10.6. The number of carbonyl (C=O) groups is 2. The quantitative estimate of drug-likeness (QED) is 0.472. The van der Waals surface area contributed by atoms with Crippen LogP contribution in [0.2, 0.25) is 10.0 Å². The van der Waals surface area contributed by atoms with Crippen molar-refractivity contribution in [2.45, 2.75) is 31.8 Å². The van der Waals surface area contributed by atoms with Gasteiger partial charge in [0.15, 0.2) is 5.78 Å². The molecule has 2 aromatic rings. The molecule has 0 aromatic heterocycles. The van der Waals surface area contributed by atoms with Gasteiger partial charge in [-0.25, -0.2) is 4.79 Å². The number of benzene rings is 2. The molecule has 1 heterocycles. The Balaban J connectivity index is 1.80. The van der Waals surface area contributed by atoms with Crippen LogP contribution in [0.1, 0.15) is 36.3 Å². The van der Waals surface area contributed by atoms with Crippen molar-refractivity contribution in [3.05, 3.63) is 84.8 Å². The van der Waals surface area contributed by atoms with Gasteiger partial charge in [-0.15, -0.1) is 0 Å². The number of ketones is 1. The second-order valence-corrected chi connectivity index (χ2v) is 9.37. The minimum atomic E-state index is -0.782. The molecule has 9 heteroatoms. The van der Waals surface area contributed by atoms with E-state index < -0.39 is 11.9 Å². The zero-order chi connectivity index (χ0) is 23.7. The summed E-state index contributed by atoms with van der Waals surface area (Å²) in [5.41, 5.74) is 8.04. The van der Waals surface area contributed by atoms with E-state index in [-0.39, 0.29) is 23.8 Å². The highest BCUT2D eigenvalue weighted by molar-refractivity contribution is 9.10. The average molecular weight is 553 g/mol. The fourth-order valence-corrected chi connectivity index (χ4v) is 4.74. The SMILES string of the molecule is COC(=O)C1=C(N)OC2=C(C(=O)CCC2)C1c1cc(Br)ccc1OCc1ccc(Cl)c(Cl)c1. The Morgan fingerprint density at radius 1 is 1.18 bits per heavy atom. The number of nitrogens with two attached hydrogens (primary N) is 1. The first-order valence-corrected chi connectivity index (χ1v) is 11.7. The molecule has 0 saturated carbocycles. The van der Waals surface area contributed by atoms with Gasteiger partial charge in [-0.1, -0.05) is 45.2 Å². The maximum Gasteiger partial charge on any atom is 0.340 e. The predicted octanol–water partition coefficient (Wildman–Crippen LogP) is 5.80. The number of carbonyl (C=O) groups excluding carboxylic acids is 2. The number of allylic oxidation sites excluding steroid dienone is 2. The molecule has 4 rings (SSSR count). The fourth-order valence-electron chi connectivity index (χ4n) is 4.04. The van der Waals surface area contributed by atoms with E-state index in [4.69, 9.17) is 43.1 Å². The predicted molar refractivity (Wildman–Crippen MR) is 128 cm³/mol. The van der Waals surface area contributed by atoms with Crippen LogP contribution >= 0.6 is 39.1 Å². The highest BCUT2D eigenvalue weighted by Gasteiger charge is 2.42. The van der Waals surface area contributed by atoms with E-state index >= 15 is 0 Å².